The Hall–Kier alpha value is -1.93. The Morgan fingerprint density at radius 1 is 1.04 bits per heavy atom. The second-order valence-corrected chi connectivity index (χ2v) is 9.24. The average molecular weight is 423 g/mol. The molecule has 2 aromatic rings. The molecule has 3 rings (SSSR count). The number of nitrogens with zero attached hydrogens (tertiary/aromatic N) is 1. The van der Waals surface area contributed by atoms with Gasteiger partial charge in [-0.3, -0.25) is 4.79 Å². The standard InChI is InChI=1S/C20H24ClN3O3S/c21-18-8-6-17(7-9-18)10-11-22-20(25)16-23-12-14-24(15-13-23)28(26,27)19-4-2-1-3-5-19/h1-9H,10-16H2,(H,22,25)/p+1. The molecular formula is C20H25ClN3O3S+. The van der Waals surface area contributed by atoms with Crippen LogP contribution in [0.25, 0.3) is 0 Å². The summed E-state index contributed by atoms with van der Waals surface area (Å²) in [4.78, 5) is 13.6. The Morgan fingerprint density at radius 3 is 2.32 bits per heavy atom. The molecule has 1 amide bonds. The number of quaternary nitrogens is 1. The minimum atomic E-state index is -3.45. The topological polar surface area (TPSA) is 70.9 Å². The van der Waals surface area contributed by atoms with Gasteiger partial charge in [0.05, 0.1) is 31.1 Å². The van der Waals surface area contributed by atoms with Gasteiger partial charge in [0.15, 0.2) is 6.54 Å². The van der Waals surface area contributed by atoms with E-state index in [9.17, 15) is 13.2 Å². The average Bonchev–Trinajstić information content (AvgIpc) is 2.70. The number of amides is 1. The Morgan fingerprint density at radius 2 is 1.68 bits per heavy atom. The zero-order chi connectivity index (χ0) is 20.0. The van der Waals surface area contributed by atoms with Crippen LogP contribution < -0.4 is 10.2 Å². The maximum absolute atomic E-state index is 12.6. The molecule has 0 spiro atoms. The minimum Gasteiger partial charge on any atom is -0.351 e. The van der Waals surface area contributed by atoms with E-state index in [2.05, 4.69) is 5.32 Å². The predicted octanol–water partition coefficient (Wildman–Crippen LogP) is 0.588. The summed E-state index contributed by atoms with van der Waals surface area (Å²) in [5.41, 5.74) is 1.12. The Bertz CT molecular complexity index is 881. The van der Waals surface area contributed by atoms with E-state index < -0.39 is 10.0 Å². The van der Waals surface area contributed by atoms with Crippen LogP contribution in [0.5, 0.6) is 0 Å². The van der Waals surface area contributed by atoms with Gasteiger partial charge in [0.25, 0.3) is 5.91 Å². The summed E-state index contributed by atoms with van der Waals surface area (Å²) in [6, 6.07) is 16.1. The van der Waals surface area contributed by atoms with Crippen molar-refractivity contribution in [3.05, 3.63) is 65.2 Å². The lowest BCUT2D eigenvalue weighted by molar-refractivity contribution is -0.895. The molecule has 0 atom stereocenters. The molecule has 1 fully saturated rings. The molecule has 1 saturated heterocycles. The minimum absolute atomic E-state index is 0.0108. The number of hydrogen-bond donors (Lipinski definition) is 2. The number of carbonyl (C=O) groups excluding carboxylic acids is 1. The molecule has 0 aromatic heterocycles. The number of hydrogen-bond acceptors (Lipinski definition) is 3. The highest BCUT2D eigenvalue weighted by Gasteiger charge is 2.30. The van der Waals surface area contributed by atoms with Crippen LogP contribution >= 0.6 is 11.6 Å². The lowest BCUT2D eigenvalue weighted by atomic mass is 10.1. The SMILES string of the molecule is O=C(C[NH+]1CCN(S(=O)(=O)c2ccccc2)CC1)NCCc1ccc(Cl)cc1. The second-order valence-electron chi connectivity index (χ2n) is 6.87. The molecule has 0 aliphatic carbocycles. The molecule has 2 N–H and O–H groups in total. The highest BCUT2D eigenvalue weighted by atomic mass is 35.5. The summed E-state index contributed by atoms with van der Waals surface area (Å²) < 4.78 is 26.8. The first-order valence-electron chi connectivity index (χ1n) is 9.35. The van der Waals surface area contributed by atoms with E-state index in [1.54, 1.807) is 30.3 Å². The zero-order valence-corrected chi connectivity index (χ0v) is 17.2. The first-order chi connectivity index (χ1) is 13.4. The van der Waals surface area contributed by atoms with E-state index >= 15 is 0 Å². The lowest BCUT2D eigenvalue weighted by Gasteiger charge is -2.31. The van der Waals surface area contributed by atoms with Crippen molar-refractivity contribution in [1.82, 2.24) is 9.62 Å². The van der Waals surface area contributed by atoms with Crippen LogP contribution in [0.1, 0.15) is 5.56 Å². The van der Waals surface area contributed by atoms with E-state index in [0.29, 0.717) is 49.2 Å². The molecule has 8 heteroatoms. The van der Waals surface area contributed by atoms with Gasteiger partial charge in [-0.05, 0) is 36.2 Å². The Balaban J connectivity index is 1.41. The largest absolute Gasteiger partial charge is 0.351 e. The van der Waals surface area contributed by atoms with E-state index in [1.165, 1.54) is 4.31 Å². The van der Waals surface area contributed by atoms with Crippen LogP contribution in [0.4, 0.5) is 0 Å². The van der Waals surface area contributed by atoms with Crippen LogP contribution in [0.3, 0.4) is 0 Å². The molecule has 1 heterocycles. The van der Waals surface area contributed by atoms with Crippen LogP contribution in [0.15, 0.2) is 59.5 Å². The third kappa shape index (κ3) is 5.54. The van der Waals surface area contributed by atoms with Crippen LogP contribution in [0.2, 0.25) is 5.02 Å². The van der Waals surface area contributed by atoms with E-state index in [1.807, 2.05) is 24.3 Å². The maximum atomic E-state index is 12.6. The van der Waals surface area contributed by atoms with Gasteiger partial charge < -0.3 is 10.2 Å². The quantitative estimate of drug-likeness (QED) is 0.686. The van der Waals surface area contributed by atoms with Gasteiger partial charge in [0.2, 0.25) is 10.0 Å². The summed E-state index contributed by atoms with van der Waals surface area (Å²) in [6.07, 6.45) is 0.751. The summed E-state index contributed by atoms with van der Waals surface area (Å²) in [5, 5.41) is 3.63. The van der Waals surface area contributed by atoms with Gasteiger partial charge in [-0.15, -0.1) is 0 Å². The highest BCUT2D eigenvalue weighted by Crippen LogP contribution is 2.14. The summed E-state index contributed by atoms with van der Waals surface area (Å²) >= 11 is 5.86. The van der Waals surface area contributed by atoms with Crippen molar-refractivity contribution in [3.8, 4) is 0 Å². The van der Waals surface area contributed by atoms with Crippen molar-refractivity contribution in [1.29, 1.82) is 0 Å². The van der Waals surface area contributed by atoms with Crippen molar-refractivity contribution < 1.29 is 18.1 Å². The first kappa shape index (κ1) is 20.8. The number of halogens is 1. The van der Waals surface area contributed by atoms with Crippen molar-refractivity contribution >= 4 is 27.5 Å². The van der Waals surface area contributed by atoms with Crippen molar-refractivity contribution in [2.75, 3.05) is 39.3 Å². The zero-order valence-electron chi connectivity index (χ0n) is 15.6. The fourth-order valence-electron chi connectivity index (χ4n) is 3.25. The summed E-state index contributed by atoms with van der Waals surface area (Å²) in [5.74, 6) is -0.0108. The third-order valence-corrected chi connectivity index (χ3v) is 7.04. The Labute approximate surface area is 171 Å². The number of carbonyl (C=O) groups is 1. The van der Waals surface area contributed by atoms with Crippen molar-refractivity contribution in [2.45, 2.75) is 11.3 Å². The molecular weight excluding hydrogens is 398 g/mol. The predicted molar refractivity (Wildman–Crippen MR) is 109 cm³/mol. The van der Waals surface area contributed by atoms with Crippen LogP contribution in [-0.2, 0) is 21.2 Å². The molecule has 1 aliphatic heterocycles. The fourth-order valence-corrected chi connectivity index (χ4v) is 4.84. The molecule has 0 saturated carbocycles. The second kappa shape index (κ2) is 9.52. The van der Waals surface area contributed by atoms with E-state index in [-0.39, 0.29) is 5.91 Å². The molecule has 28 heavy (non-hydrogen) atoms. The van der Waals surface area contributed by atoms with Crippen LogP contribution in [0, 0.1) is 0 Å². The van der Waals surface area contributed by atoms with Crippen molar-refractivity contribution in [3.63, 3.8) is 0 Å². The van der Waals surface area contributed by atoms with Crippen molar-refractivity contribution in [2.24, 2.45) is 0 Å². The lowest BCUT2D eigenvalue weighted by Crippen LogP contribution is -3.15. The highest BCUT2D eigenvalue weighted by molar-refractivity contribution is 7.89. The normalized spacial score (nSPS) is 16.0. The monoisotopic (exact) mass is 422 g/mol. The van der Waals surface area contributed by atoms with Gasteiger partial charge in [-0.1, -0.05) is 41.9 Å². The molecule has 2 aromatic carbocycles. The number of benzene rings is 2. The molecule has 150 valence electrons. The van der Waals surface area contributed by atoms with Crippen LogP contribution in [-0.4, -0.2) is 57.9 Å². The third-order valence-electron chi connectivity index (χ3n) is 4.87. The van der Waals surface area contributed by atoms with Gasteiger partial charge in [0, 0.05) is 11.6 Å². The van der Waals surface area contributed by atoms with E-state index in [4.69, 9.17) is 11.6 Å². The molecule has 6 nitrogen and oxygen atoms in total. The smallest absolute Gasteiger partial charge is 0.275 e. The number of rotatable bonds is 7. The number of sulfonamides is 1. The fraction of sp³-hybridized carbons (Fsp3) is 0.350. The number of nitrogens with one attached hydrogen (secondary N) is 2. The van der Waals surface area contributed by atoms with Gasteiger partial charge in [-0.2, -0.15) is 4.31 Å². The van der Waals surface area contributed by atoms with E-state index in [0.717, 1.165) is 16.9 Å². The molecule has 0 bridgehead atoms. The molecule has 0 unspecified atom stereocenters. The molecule has 0 radical (unpaired) electrons. The summed E-state index contributed by atoms with van der Waals surface area (Å²) in [6.45, 7) is 3.02. The Kier molecular flexibility index (Phi) is 7.07. The molecule has 1 aliphatic rings. The number of piperazine rings is 1. The van der Waals surface area contributed by atoms with Gasteiger partial charge >= 0.3 is 0 Å². The maximum Gasteiger partial charge on any atom is 0.275 e. The van der Waals surface area contributed by atoms with Gasteiger partial charge in [0.1, 0.15) is 0 Å². The van der Waals surface area contributed by atoms with Gasteiger partial charge in [-0.25, -0.2) is 8.42 Å². The summed E-state index contributed by atoms with van der Waals surface area (Å²) in [7, 11) is -3.45. The first-order valence-corrected chi connectivity index (χ1v) is 11.2.